The first-order valence-electron chi connectivity index (χ1n) is 12.6. The van der Waals surface area contributed by atoms with Gasteiger partial charge in [-0.25, -0.2) is 9.59 Å². The molecule has 2 aliphatic heterocycles. The molecule has 0 N–H and O–H groups in total. The zero-order valence-electron chi connectivity index (χ0n) is 21.0. The molecular formula is C30H26N2O6. The normalized spacial score (nSPS) is 19.3. The first kappa shape index (κ1) is 23.9. The molecule has 0 saturated carbocycles. The van der Waals surface area contributed by atoms with Crippen molar-refractivity contribution >= 4 is 23.9 Å². The van der Waals surface area contributed by atoms with Crippen molar-refractivity contribution in [3.8, 4) is 11.1 Å². The second-order valence-electron chi connectivity index (χ2n) is 10.7. The summed E-state index contributed by atoms with van der Waals surface area (Å²) >= 11 is 0. The highest BCUT2D eigenvalue weighted by atomic mass is 16.7. The summed E-state index contributed by atoms with van der Waals surface area (Å²) in [5.41, 5.74) is 4.37. The van der Waals surface area contributed by atoms with E-state index in [2.05, 4.69) is 12.1 Å². The van der Waals surface area contributed by atoms with Crippen LogP contribution in [0.1, 0.15) is 58.0 Å². The van der Waals surface area contributed by atoms with Gasteiger partial charge in [-0.05, 0) is 46.2 Å². The molecule has 192 valence electrons. The topological polar surface area (TPSA) is 93.2 Å². The molecule has 1 atom stereocenters. The van der Waals surface area contributed by atoms with Gasteiger partial charge in [0.1, 0.15) is 12.6 Å². The van der Waals surface area contributed by atoms with E-state index in [4.69, 9.17) is 9.57 Å². The van der Waals surface area contributed by atoms with E-state index < -0.39 is 35.3 Å². The number of rotatable bonds is 4. The number of hydroxylamine groups is 2. The van der Waals surface area contributed by atoms with Gasteiger partial charge in [0, 0.05) is 12.5 Å². The predicted octanol–water partition coefficient (Wildman–Crippen LogP) is 4.79. The van der Waals surface area contributed by atoms with Crippen LogP contribution >= 0.6 is 0 Å². The van der Waals surface area contributed by atoms with Crippen molar-refractivity contribution < 1.29 is 28.8 Å². The standard InChI is InChI=1S/C30H26N2O6/c1-30(2)15-25(28(35)38-32-26(33)22-13-7-8-14-23(22)27(32)34)31(17-30)29(36)37-16-24-20-11-5-3-9-18(20)19-10-4-6-12-21(19)24/h3-14,24-25H,15-17H2,1-2H3/t25-/m1/s1. The van der Waals surface area contributed by atoms with Crippen molar-refractivity contribution in [3.63, 3.8) is 0 Å². The zero-order valence-corrected chi connectivity index (χ0v) is 21.0. The summed E-state index contributed by atoms with van der Waals surface area (Å²) in [7, 11) is 0. The summed E-state index contributed by atoms with van der Waals surface area (Å²) in [6.07, 6.45) is -0.333. The third kappa shape index (κ3) is 3.84. The Morgan fingerprint density at radius 3 is 1.87 bits per heavy atom. The number of hydrogen-bond acceptors (Lipinski definition) is 6. The largest absolute Gasteiger partial charge is 0.448 e. The van der Waals surface area contributed by atoms with Crippen LogP contribution in [0.4, 0.5) is 4.79 Å². The maximum absolute atomic E-state index is 13.3. The van der Waals surface area contributed by atoms with E-state index in [0.717, 1.165) is 22.3 Å². The molecule has 8 heteroatoms. The van der Waals surface area contributed by atoms with Gasteiger partial charge in [0.05, 0.1) is 11.1 Å². The van der Waals surface area contributed by atoms with Gasteiger partial charge in [-0.1, -0.05) is 79.6 Å². The fraction of sp³-hybridized carbons (Fsp3) is 0.267. The number of nitrogens with zero attached hydrogens (tertiary/aromatic N) is 2. The van der Waals surface area contributed by atoms with Crippen molar-refractivity contribution in [1.82, 2.24) is 9.96 Å². The van der Waals surface area contributed by atoms with E-state index in [-0.39, 0.29) is 30.2 Å². The molecule has 6 rings (SSSR count). The zero-order chi connectivity index (χ0) is 26.6. The van der Waals surface area contributed by atoms with E-state index in [1.165, 1.54) is 17.0 Å². The third-order valence-corrected chi connectivity index (χ3v) is 7.50. The van der Waals surface area contributed by atoms with Gasteiger partial charge in [-0.3, -0.25) is 14.5 Å². The summed E-state index contributed by atoms with van der Waals surface area (Å²) in [4.78, 5) is 58.5. The number of benzene rings is 3. The Hall–Kier alpha value is -4.46. The number of imide groups is 1. The number of likely N-dealkylation sites (tertiary alicyclic amines) is 1. The molecule has 1 aliphatic carbocycles. The Labute approximate surface area is 219 Å². The minimum atomic E-state index is -0.995. The first-order chi connectivity index (χ1) is 18.2. The minimum absolute atomic E-state index is 0.115. The lowest BCUT2D eigenvalue weighted by Crippen LogP contribution is -2.45. The van der Waals surface area contributed by atoms with Crippen LogP contribution in [0.2, 0.25) is 0 Å². The van der Waals surface area contributed by atoms with Gasteiger partial charge in [0.25, 0.3) is 11.8 Å². The highest BCUT2D eigenvalue weighted by molar-refractivity contribution is 6.21. The van der Waals surface area contributed by atoms with Crippen LogP contribution in [0.3, 0.4) is 0 Å². The van der Waals surface area contributed by atoms with E-state index in [1.54, 1.807) is 12.1 Å². The molecule has 3 aromatic rings. The number of carbonyl (C=O) groups excluding carboxylic acids is 4. The van der Waals surface area contributed by atoms with Gasteiger partial charge < -0.3 is 9.57 Å². The van der Waals surface area contributed by atoms with Crippen LogP contribution in [-0.2, 0) is 14.4 Å². The van der Waals surface area contributed by atoms with Crippen LogP contribution in [-0.4, -0.2) is 53.0 Å². The molecule has 0 spiro atoms. The minimum Gasteiger partial charge on any atom is -0.448 e. The first-order valence-corrected chi connectivity index (χ1v) is 12.6. The lowest BCUT2D eigenvalue weighted by molar-refractivity contribution is -0.173. The number of fused-ring (bicyclic) bond motifs is 4. The quantitative estimate of drug-likeness (QED) is 0.469. The summed E-state index contributed by atoms with van der Waals surface area (Å²) in [5, 5.41) is 0.480. The summed E-state index contributed by atoms with van der Waals surface area (Å²) in [5.74, 6) is -2.38. The monoisotopic (exact) mass is 510 g/mol. The molecule has 38 heavy (non-hydrogen) atoms. The Balaban J connectivity index is 1.18. The van der Waals surface area contributed by atoms with Crippen LogP contribution in [0.25, 0.3) is 11.1 Å². The van der Waals surface area contributed by atoms with E-state index >= 15 is 0 Å². The molecule has 0 aromatic heterocycles. The molecular weight excluding hydrogens is 484 g/mol. The van der Waals surface area contributed by atoms with Gasteiger partial charge in [-0.2, -0.15) is 0 Å². The molecule has 3 aliphatic rings. The van der Waals surface area contributed by atoms with Crippen LogP contribution in [0, 0.1) is 5.41 Å². The number of hydrogen-bond donors (Lipinski definition) is 0. The second kappa shape index (κ2) is 8.83. The maximum Gasteiger partial charge on any atom is 0.410 e. The van der Waals surface area contributed by atoms with Crippen LogP contribution < -0.4 is 0 Å². The number of amides is 3. The smallest absolute Gasteiger partial charge is 0.410 e. The van der Waals surface area contributed by atoms with Gasteiger partial charge in [0.2, 0.25) is 0 Å². The summed E-state index contributed by atoms with van der Waals surface area (Å²) in [6.45, 7) is 4.26. The fourth-order valence-corrected chi connectivity index (χ4v) is 5.75. The van der Waals surface area contributed by atoms with Crippen LogP contribution in [0.15, 0.2) is 72.8 Å². The molecule has 1 saturated heterocycles. The Kier molecular flexibility index (Phi) is 5.56. The third-order valence-electron chi connectivity index (χ3n) is 7.50. The molecule has 3 aromatic carbocycles. The van der Waals surface area contributed by atoms with E-state index in [9.17, 15) is 19.2 Å². The number of ether oxygens (including phenoxy) is 1. The average molecular weight is 511 g/mol. The van der Waals surface area contributed by atoms with E-state index in [0.29, 0.717) is 11.5 Å². The van der Waals surface area contributed by atoms with Gasteiger partial charge in [-0.15, -0.1) is 0 Å². The SMILES string of the molecule is CC1(C)C[C@H](C(=O)ON2C(=O)c3ccccc3C2=O)N(C(=O)OCC2c3ccccc3-c3ccccc32)C1. The lowest BCUT2D eigenvalue weighted by Gasteiger charge is -2.25. The predicted molar refractivity (Wildman–Crippen MR) is 137 cm³/mol. The maximum atomic E-state index is 13.3. The molecule has 0 radical (unpaired) electrons. The van der Waals surface area contributed by atoms with Crippen molar-refractivity contribution in [2.24, 2.45) is 5.41 Å². The lowest BCUT2D eigenvalue weighted by atomic mass is 9.91. The summed E-state index contributed by atoms with van der Waals surface area (Å²) in [6, 6.07) is 21.4. The Morgan fingerprint density at radius 1 is 0.816 bits per heavy atom. The average Bonchev–Trinajstić information content (AvgIpc) is 3.51. The molecule has 0 bridgehead atoms. The fourth-order valence-electron chi connectivity index (χ4n) is 5.75. The van der Waals surface area contributed by atoms with Crippen molar-refractivity contribution in [1.29, 1.82) is 0 Å². The van der Waals surface area contributed by atoms with Crippen molar-refractivity contribution in [2.75, 3.05) is 13.2 Å². The van der Waals surface area contributed by atoms with Gasteiger partial charge in [0.15, 0.2) is 0 Å². The Morgan fingerprint density at radius 2 is 1.32 bits per heavy atom. The highest BCUT2D eigenvalue weighted by Gasteiger charge is 2.48. The molecule has 1 fully saturated rings. The highest BCUT2D eigenvalue weighted by Crippen LogP contribution is 2.45. The number of carbonyl (C=O) groups is 4. The molecule has 2 heterocycles. The second-order valence-corrected chi connectivity index (χ2v) is 10.7. The molecule has 3 amide bonds. The van der Waals surface area contributed by atoms with Crippen molar-refractivity contribution in [2.45, 2.75) is 32.2 Å². The molecule has 8 nitrogen and oxygen atoms in total. The Bertz CT molecular complexity index is 1410. The van der Waals surface area contributed by atoms with Crippen molar-refractivity contribution in [3.05, 3.63) is 95.1 Å². The van der Waals surface area contributed by atoms with E-state index in [1.807, 2.05) is 50.2 Å². The van der Waals surface area contributed by atoms with Crippen LogP contribution in [0.5, 0.6) is 0 Å². The van der Waals surface area contributed by atoms with Gasteiger partial charge >= 0.3 is 12.1 Å². The summed E-state index contributed by atoms with van der Waals surface area (Å²) < 4.78 is 5.79. The molecule has 0 unspecified atom stereocenters.